The van der Waals surface area contributed by atoms with Crippen LogP contribution < -0.4 is 0 Å². The second kappa shape index (κ2) is 2.06. The molecule has 0 fully saturated rings. The van der Waals surface area contributed by atoms with Crippen LogP contribution >= 0.6 is 0 Å². The molecule has 2 radical (unpaired) electrons. The Morgan fingerprint density at radius 2 is 2.40 bits per heavy atom. The third kappa shape index (κ3) is 0.739. The molecule has 2 rings (SSSR count). The molecule has 2 heterocycles. The van der Waals surface area contributed by atoms with E-state index in [1.54, 1.807) is 18.6 Å². The van der Waals surface area contributed by atoms with Gasteiger partial charge >= 0.3 is 0 Å². The number of pyridine rings is 2. The zero-order valence-electron chi connectivity index (χ0n) is 5.20. The topological polar surface area (TPSA) is 25.8 Å². The predicted octanol–water partition coefficient (Wildman–Crippen LogP) is 1.23. The van der Waals surface area contributed by atoms with E-state index in [9.17, 15) is 0 Å². The highest BCUT2D eigenvalue weighted by atomic mass is 14.7. The Kier molecular flexibility index (Phi) is 1.10. The van der Waals surface area contributed by atoms with E-state index in [1.165, 1.54) is 0 Å². The molecule has 0 aliphatic carbocycles. The van der Waals surface area contributed by atoms with Crippen LogP contribution in [-0.2, 0) is 0 Å². The highest BCUT2D eigenvalue weighted by molar-refractivity contribution is 5.75. The summed E-state index contributed by atoms with van der Waals surface area (Å²) in [5.41, 5.74) is 0.862. The van der Waals surface area contributed by atoms with Gasteiger partial charge in [0, 0.05) is 29.9 Å². The molecule has 2 aromatic rings. The summed E-state index contributed by atoms with van der Waals surface area (Å²) >= 11 is 0. The summed E-state index contributed by atoms with van der Waals surface area (Å²) in [6.45, 7) is 0. The summed E-state index contributed by atoms with van der Waals surface area (Å²) in [5.74, 6) is 0. The largest absolute Gasteiger partial charge is 0.262 e. The van der Waals surface area contributed by atoms with Crippen LogP contribution in [0.5, 0.6) is 0 Å². The third-order valence-electron chi connectivity index (χ3n) is 1.28. The van der Waals surface area contributed by atoms with E-state index in [0.717, 1.165) is 10.9 Å². The van der Waals surface area contributed by atoms with E-state index >= 15 is 0 Å². The summed E-state index contributed by atoms with van der Waals surface area (Å²) in [5, 5.41) is 0.956. The molecule has 0 aliphatic rings. The van der Waals surface area contributed by atoms with Crippen molar-refractivity contribution < 1.29 is 0 Å². The molecule has 0 aliphatic heterocycles. The smallest absolute Gasteiger partial charge is 0.0891 e. The van der Waals surface area contributed by atoms with Crippen LogP contribution in [0.3, 0.4) is 0 Å². The van der Waals surface area contributed by atoms with Gasteiger partial charge in [0.1, 0.15) is 0 Å². The monoisotopic (exact) mass is 128 g/mol. The van der Waals surface area contributed by atoms with Crippen molar-refractivity contribution in [3.63, 3.8) is 0 Å². The number of aromatic nitrogens is 2. The first kappa shape index (κ1) is 5.35. The summed E-state index contributed by atoms with van der Waals surface area (Å²) < 4.78 is 0. The van der Waals surface area contributed by atoms with Crippen LogP contribution in [0, 0.1) is 12.1 Å². The molecule has 10 heavy (non-hydrogen) atoms. The lowest BCUT2D eigenvalue weighted by Gasteiger charge is -1.89. The predicted molar refractivity (Wildman–Crippen MR) is 37.2 cm³/mol. The molecule has 0 saturated heterocycles. The van der Waals surface area contributed by atoms with E-state index in [4.69, 9.17) is 0 Å². The van der Waals surface area contributed by atoms with Gasteiger partial charge in [-0.25, -0.2) is 0 Å². The average molecular weight is 128 g/mol. The van der Waals surface area contributed by atoms with Gasteiger partial charge in [-0.15, -0.1) is 0 Å². The fraction of sp³-hybridized carbons (Fsp3) is 0. The fourth-order valence-corrected chi connectivity index (χ4v) is 0.807. The van der Waals surface area contributed by atoms with Gasteiger partial charge in [0.15, 0.2) is 0 Å². The van der Waals surface area contributed by atoms with Crippen molar-refractivity contribution in [1.82, 2.24) is 9.97 Å². The summed E-state index contributed by atoms with van der Waals surface area (Å²) in [4.78, 5) is 7.95. The van der Waals surface area contributed by atoms with Crippen molar-refractivity contribution in [2.45, 2.75) is 0 Å². The molecule has 0 bridgehead atoms. The van der Waals surface area contributed by atoms with Gasteiger partial charge in [-0.05, 0) is 6.07 Å². The van der Waals surface area contributed by atoms with Gasteiger partial charge in [0.2, 0.25) is 0 Å². The SMILES string of the molecule is [c]1[c]c2ccncc2nc1. The minimum Gasteiger partial charge on any atom is -0.262 e. The Labute approximate surface area is 58.6 Å². The van der Waals surface area contributed by atoms with Crippen molar-refractivity contribution in [1.29, 1.82) is 0 Å². The van der Waals surface area contributed by atoms with Crippen molar-refractivity contribution in [3.05, 3.63) is 36.8 Å². The first-order valence-corrected chi connectivity index (χ1v) is 2.95. The van der Waals surface area contributed by atoms with E-state index in [0.29, 0.717) is 0 Å². The normalized spacial score (nSPS) is 10.0. The maximum Gasteiger partial charge on any atom is 0.0891 e. The summed E-state index contributed by atoms with van der Waals surface area (Å²) in [6.07, 6.45) is 5.01. The van der Waals surface area contributed by atoms with Gasteiger partial charge in [0.05, 0.1) is 11.7 Å². The minimum absolute atomic E-state index is 0.862. The van der Waals surface area contributed by atoms with Crippen LogP contribution in [0.15, 0.2) is 24.7 Å². The van der Waals surface area contributed by atoms with Crippen LogP contribution in [0.25, 0.3) is 10.9 Å². The lowest BCUT2D eigenvalue weighted by atomic mass is 10.3. The molecule has 0 atom stereocenters. The summed E-state index contributed by atoms with van der Waals surface area (Å²) in [7, 11) is 0. The van der Waals surface area contributed by atoms with Crippen molar-refractivity contribution in [2.75, 3.05) is 0 Å². The number of fused-ring (bicyclic) bond motifs is 1. The Balaban J connectivity index is 2.89. The maximum absolute atomic E-state index is 4.03. The van der Waals surface area contributed by atoms with Crippen LogP contribution in [0.2, 0.25) is 0 Å². The first-order chi connectivity index (χ1) is 4.97. The maximum atomic E-state index is 4.03. The van der Waals surface area contributed by atoms with Gasteiger partial charge < -0.3 is 0 Å². The lowest BCUT2D eigenvalue weighted by molar-refractivity contribution is 1.31. The van der Waals surface area contributed by atoms with Crippen LogP contribution in [0.4, 0.5) is 0 Å². The molecule has 2 aromatic heterocycles. The number of hydrogen-bond acceptors (Lipinski definition) is 2. The molecule has 0 saturated carbocycles. The zero-order valence-corrected chi connectivity index (χ0v) is 5.20. The quantitative estimate of drug-likeness (QED) is 0.533. The zero-order chi connectivity index (χ0) is 6.81. The number of hydrogen-bond donors (Lipinski definition) is 0. The van der Waals surface area contributed by atoms with E-state index in [2.05, 4.69) is 22.1 Å². The second-order valence-corrected chi connectivity index (χ2v) is 1.92. The van der Waals surface area contributed by atoms with Gasteiger partial charge in [-0.2, -0.15) is 0 Å². The van der Waals surface area contributed by atoms with E-state index in [-0.39, 0.29) is 0 Å². The Bertz CT molecular complexity index is 278. The molecular formula is C8H4N2. The van der Waals surface area contributed by atoms with Crippen LogP contribution in [-0.4, -0.2) is 9.97 Å². The molecule has 2 nitrogen and oxygen atoms in total. The molecule has 0 aromatic carbocycles. The summed E-state index contributed by atoms with van der Waals surface area (Å²) in [6, 6.07) is 7.55. The molecular weight excluding hydrogens is 124 g/mol. The van der Waals surface area contributed by atoms with Gasteiger partial charge in [-0.1, -0.05) is 0 Å². The Hall–Kier alpha value is -1.44. The Morgan fingerprint density at radius 1 is 1.40 bits per heavy atom. The molecule has 46 valence electrons. The Morgan fingerprint density at radius 3 is 3.30 bits per heavy atom. The van der Waals surface area contributed by atoms with Crippen molar-refractivity contribution in [3.8, 4) is 0 Å². The lowest BCUT2D eigenvalue weighted by Crippen LogP contribution is -1.77. The van der Waals surface area contributed by atoms with E-state index < -0.39 is 0 Å². The molecule has 0 N–H and O–H groups in total. The molecule has 0 unspecified atom stereocenters. The highest BCUT2D eigenvalue weighted by Crippen LogP contribution is 2.04. The first-order valence-electron chi connectivity index (χ1n) is 2.95. The van der Waals surface area contributed by atoms with Gasteiger partial charge in [-0.3, -0.25) is 9.97 Å². The average Bonchev–Trinajstić information content (AvgIpc) is 2.05. The molecule has 0 spiro atoms. The van der Waals surface area contributed by atoms with Crippen molar-refractivity contribution in [2.24, 2.45) is 0 Å². The van der Waals surface area contributed by atoms with Crippen molar-refractivity contribution >= 4 is 10.9 Å². The number of rotatable bonds is 0. The fourth-order valence-electron chi connectivity index (χ4n) is 0.807. The highest BCUT2D eigenvalue weighted by Gasteiger charge is 1.88. The van der Waals surface area contributed by atoms with Gasteiger partial charge in [0.25, 0.3) is 0 Å². The molecule has 2 heteroatoms. The second-order valence-electron chi connectivity index (χ2n) is 1.92. The third-order valence-corrected chi connectivity index (χ3v) is 1.28. The number of nitrogens with zero attached hydrogens (tertiary/aromatic N) is 2. The minimum atomic E-state index is 0.862. The molecule has 0 amide bonds. The van der Waals surface area contributed by atoms with E-state index in [1.807, 2.05) is 6.07 Å². The standard InChI is InChI=1S/C8H4N2/c1-2-7-3-5-9-6-8(7)10-4-1/h3-6H. The van der Waals surface area contributed by atoms with Crippen LogP contribution in [0.1, 0.15) is 0 Å².